The Morgan fingerprint density at radius 1 is 1.14 bits per heavy atom. The molecule has 3 N–H and O–H groups in total. The molecule has 0 spiro atoms. The number of carbonyl (C=O) groups excluding carboxylic acids is 1. The van der Waals surface area contributed by atoms with Crippen LogP contribution in [0.15, 0.2) is 30.3 Å². The molecule has 21 heavy (non-hydrogen) atoms. The van der Waals surface area contributed by atoms with Crippen LogP contribution in [-0.4, -0.2) is 34.2 Å². The number of aliphatic hydroxyl groups excluding tert-OH is 1. The minimum atomic E-state index is -1.31. The molecule has 0 unspecified atom stereocenters. The summed E-state index contributed by atoms with van der Waals surface area (Å²) in [7, 11) is 0. The van der Waals surface area contributed by atoms with Crippen LogP contribution in [0.5, 0.6) is 0 Å². The van der Waals surface area contributed by atoms with Crippen LogP contribution in [0.25, 0.3) is 6.08 Å². The van der Waals surface area contributed by atoms with Crippen LogP contribution < -0.4 is 5.32 Å². The Hall–Kier alpha value is -2.14. The number of carbonyl (C=O) groups is 2. The molecule has 5 heteroatoms. The minimum Gasteiger partial charge on any atom is -0.480 e. The lowest BCUT2D eigenvalue weighted by Crippen LogP contribution is -2.47. The molecule has 0 radical (unpaired) electrons. The van der Waals surface area contributed by atoms with Gasteiger partial charge in [0, 0.05) is 6.08 Å². The molecule has 0 saturated heterocycles. The number of carboxylic acid groups (broad SMARTS) is 1. The average Bonchev–Trinajstić information content (AvgIpc) is 2.42. The van der Waals surface area contributed by atoms with Crippen molar-refractivity contribution in [3.8, 4) is 0 Å². The Morgan fingerprint density at radius 3 is 2.14 bits per heavy atom. The number of aliphatic carboxylic acids is 1. The predicted molar refractivity (Wildman–Crippen MR) is 80.8 cm³/mol. The highest BCUT2D eigenvalue weighted by atomic mass is 16.4. The minimum absolute atomic E-state index is 0.439. The monoisotopic (exact) mass is 291 g/mol. The van der Waals surface area contributed by atoms with Crippen molar-refractivity contribution in [2.45, 2.75) is 38.8 Å². The van der Waals surface area contributed by atoms with Gasteiger partial charge in [-0.3, -0.25) is 4.79 Å². The summed E-state index contributed by atoms with van der Waals surface area (Å²) < 4.78 is 0. The lowest BCUT2D eigenvalue weighted by molar-refractivity contribution is -0.144. The molecule has 5 nitrogen and oxygen atoms in total. The lowest BCUT2D eigenvalue weighted by atomic mass is 10.0. The summed E-state index contributed by atoms with van der Waals surface area (Å²) in [6.07, 6.45) is 1.69. The third-order valence-electron chi connectivity index (χ3n) is 3.08. The smallest absolute Gasteiger partial charge is 0.328 e. The Labute approximate surface area is 124 Å². The summed E-state index contributed by atoms with van der Waals surface area (Å²) in [5.74, 6) is -1.39. The zero-order valence-corrected chi connectivity index (χ0v) is 12.4. The number of rotatable bonds is 6. The molecular formula is C16H21NO4. The van der Waals surface area contributed by atoms with Gasteiger partial charge in [-0.2, -0.15) is 0 Å². The van der Waals surface area contributed by atoms with Crippen molar-refractivity contribution in [1.82, 2.24) is 5.32 Å². The third-order valence-corrected chi connectivity index (χ3v) is 3.08. The molecule has 0 aliphatic carbocycles. The van der Waals surface area contributed by atoms with Crippen molar-refractivity contribution in [3.05, 3.63) is 41.5 Å². The van der Waals surface area contributed by atoms with Gasteiger partial charge in [0.25, 0.3) is 0 Å². The number of aliphatic hydroxyl groups is 1. The molecule has 114 valence electrons. The molecular weight excluding hydrogens is 270 g/mol. The summed E-state index contributed by atoms with van der Waals surface area (Å²) in [4.78, 5) is 22.5. The second-order valence-electron chi connectivity index (χ2n) is 5.22. The van der Waals surface area contributed by atoms with Crippen LogP contribution in [0.2, 0.25) is 0 Å². The average molecular weight is 291 g/mol. The fraction of sp³-hybridized carbons (Fsp3) is 0.375. The topological polar surface area (TPSA) is 86.6 Å². The van der Waals surface area contributed by atoms with Gasteiger partial charge in [-0.25, -0.2) is 4.79 Å². The summed E-state index contributed by atoms with van der Waals surface area (Å²) in [6, 6.07) is 6.44. The number of benzene rings is 1. The molecule has 1 rings (SSSR count). The Kier molecular flexibility index (Phi) is 6.11. The van der Waals surface area contributed by atoms with Gasteiger partial charge >= 0.3 is 5.97 Å². The maximum absolute atomic E-state index is 11.6. The first kappa shape index (κ1) is 16.9. The molecule has 2 atom stereocenters. The van der Waals surface area contributed by atoms with E-state index in [9.17, 15) is 14.7 Å². The lowest BCUT2D eigenvalue weighted by Gasteiger charge is -2.15. The SMILES string of the molecule is CC(C)c1ccc(/C=C/C(=O)N[C@H](C(=O)O)[C@@H](C)O)cc1. The second kappa shape index (κ2) is 7.59. The van der Waals surface area contributed by atoms with Gasteiger partial charge in [0.15, 0.2) is 6.04 Å². The summed E-state index contributed by atoms with van der Waals surface area (Å²) in [5.41, 5.74) is 2.05. The maximum atomic E-state index is 11.6. The molecule has 0 heterocycles. The number of hydrogen-bond donors (Lipinski definition) is 3. The van der Waals surface area contributed by atoms with Crippen LogP contribution in [0, 0.1) is 0 Å². The fourth-order valence-corrected chi connectivity index (χ4v) is 1.75. The van der Waals surface area contributed by atoms with Gasteiger partial charge in [0.2, 0.25) is 5.91 Å². The number of hydrogen-bond acceptors (Lipinski definition) is 3. The number of carboxylic acids is 1. The Bertz CT molecular complexity index is 518. The van der Waals surface area contributed by atoms with Gasteiger partial charge in [0.05, 0.1) is 6.10 Å². The van der Waals surface area contributed by atoms with Gasteiger partial charge < -0.3 is 15.5 Å². The first-order valence-corrected chi connectivity index (χ1v) is 6.80. The largest absolute Gasteiger partial charge is 0.480 e. The molecule has 0 saturated carbocycles. The molecule has 0 fully saturated rings. The summed E-state index contributed by atoms with van der Waals surface area (Å²) in [6.45, 7) is 5.51. The van der Waals surface area contributed by atoms with E-state index in [0.717, 1.165) is 5.56 Å². The molecule has 0 aromatic heterocycles. The van der Waals surface area contributed by atoms with Gasteiger partial charge in [0.1, 0.15) is 0 Å². The van der Waals surface area contributed by atoms with E-state index in [2.05, 4.69) is 19.2 Å². The van der Waals surface area contributed by atoms with E-state index in [1.807, 2.05) is 24.3 Å². The summed E-state index contributed by atoms with van der Waals surface area (Å²) >= 11 is 0. The standard InChI is InChI=1S/C16H21NO4/c1-10(2)13-7-4-12(5-8-13)6-9-14(19)17-15(11(3)18)16(20)21/h4-11,15,18H,1-3H3,(H,17,19)(H,20,21)/b9-6+/t11-,15+/m1/s1. The molecule has 1 aromatic rings. The number of amides is 1. The van der Waals surface area contributed by atoms with Crippen molar-refractivity contribution < 1.29 is 19.8 Å². The first-order chi connectivity index (χ1) is 9.81. The highest BCUT2D eigenvalue weighted by Gasteiger charge is 2.23. The van der Waals surface area contributed by atoms with Gasteiger partial charge in [-0.1, -0.05) is 38.1 Å². The Balaban J connectivity index is 2.67. The van der Waals surface area contributed by atoms with E-state index >= 15 is 0 Å². The van der Waals surface area contributed by atoms with Gasteiger partial charge in [-0.15, -0.1) is 0 Å². The molecule has 0 bridgehead atoms. The summed E-state index contributed by atoms with van der Waals surface area (Å²) in [5, 5.41) is 20.4. The van der Waals surface area contributed by atoms with E-state index in [0.29, 0.717) is 5.92 Å². The van der Waals surface area contributed by atoms with Crippen molar-refractivity contribution >= 4 is 18.0 Å². The zero-order chi connectivity index (χ0) is 16.0. The van der Waals surface area contributed by atoms with Crippen LogP contribution in [0.4, 0.5) is 0 Å². The maximum Gasteiger partial charge on any atom is 0.328 e. The quantitative estimate of drug-likeness (QED) is 0.697. The van der Waals surface area contributed by atoms with E-state index in [1.165, 1.54) is 18.6 Å². The Morgan fingerprint density at radius 2 is 1.71 bits per heavy atom. The molecule has 1 amide bonds. The van der Waals surface area contributed by atoms with Crippen molar-refractivity contribution in [2.24, 2.45) is 0 Å². The van der Waals surface area contributed by atoms with E-state index < -0.39 is 24.0 Å². The van der Waals surface area contributed by atoms with E-state index in [-0.39, 0.29) is 0 Å². The highest BCUT2D eigenvalue weighted by molar-refractivity contribution is 5.94. The first-order valence-electron chi connectivity index (χ1n) is 6.80. The van der Waals surface area contributed by atoms with Crippen molar-refractivity contribution in [2.75, 3.05) is 0 Å². The highest BCUT2D eigenvalue weighted by Crippen LogP contribution is 2.15. The van der Waals surface area contributed by atoms with Crippen LogP contribution >= 0.6 is 0 Å². The van der Waals surface area contributed by atoms with E-state index in [4.69, 9.17) is 5.11 Å². The van der Waals surface area contributed by atoms with E-state index in [1.54, 1.807) is 6.08 Å². The predicted octanol–water partition coefficient (Wildman–Crippen LogP) is 1.77. The third kappa shape index (κ3) is 5.39. The molecule has 1 aromatic carbocycles. The van der Waals surface area contributed by atoms with Gasteiger partial charge in [-0.05, 0) is 30.0 Å². The molecule has 0 aliphatic rings. The fourth-order valence-electron chi connectivity index (χ4n) is 1.75. The van der Waals surface area contributed by atoms with Crippen molar-refractivity contribution in [1.29, 1.82) is 0 Å². The zero-order valence-electron chi connectivity index (χ0n) is 12.4. The normalized spacial score (nSPS) is 14.1. The number of nitrogens with one attached hydrogen (secondary N) is 1. The van der Waals surface area contributed by atoms with Crippen LogP contribution in [0.1, 0.15) is 37.8 Å². The van der Waals surface area contributed by atoms with Crippen LogP contribution in [0.3, 0.4) is 0 Å². The van der Waals surface area contributed by atoms with Crippen LogP contribution in [-0.2, 0) is 9.59 Å². The molecule has 0 aliphatic heterocycles. The second-order valence-corrected chi connectivity index (χ2v) is 5.22. The van der Waals surface area contributed by atoms with Crippen molar-refractivity contribution in [3.63, 3.8) is 0 Å².